The molecule has 0 saturated carbocycles. The van der Waals surface area contributed by atoms with E-state index in [1.165, 1.54) is 40.1 Å². The Morgan fingerprint density at radius 1 is 1.26 bits per heavy atom. The minimum absolute atomic E-state index is 0.0211. The van der Waals surface area contributed by atoms with Crippen molar-refractivity contribution < 1.29 is 27.1 Å². The standard InChI is InChI=1S/C25H30F5N5OS2/c1-13-6-16-20(32-23-22(16)38-24(33-23)37-2)21(35(13)11-25(29,30)12-36)19-17(27)7-14(8-18(19)28)31-15-9-34(10-15)5-3-4-26/h7-8,13,15,21,31-32,36H,3-6,9-12H2,1-2H3/t13-,21-/m1/s1. The smallest absolute Gasteiger partial charge is 0.283 e. The monoisotopic (exact) mass is 575 g/mol. The number of aliphatic hydroxyl groups excluding tert-OH is 1. The summed E-state index contributed by atoms with van der Waals surface area (Å²) in [6, 6.07) is 0.732. The molecule has 1 aromatic carbocycles. The molecule has 38 heavy (non-hydrogen) atoms. The van der Waals surface area contributed by atoms with Crippen molar-refractivity contribution in [2.45, 2.75) is 48.2 Å². The zero-order valence-electron chi connectivity index (χ0n) is 21.0. The number of thioether (sulfide) groups is 1. The number of alkyl halides is 3. The molecule has 3 aromatic rings. The van der Waals surface area contributed by atoms with Crippen LogP contribution in [0, 0.1) is 11.6 Å². The summed E-state index contributed by atoms with van der Waals surface area (Å²) >= 11 is 2.94. The summed E-state index contributed by atoms with van der Waals surface area (Å²) < 4.78 is 74.4. The lowest BCUT2D eigenvalue weighted by Crippen LogP contribution is -2.54. The van der Waals surface area contributed by atoms with Gasteiger partial charge in [-0.25, -0.2) is 22.5 Å². The zero-order chi connectivity index (χ0) is 27.2. The lowest BCUT2D eigenvalue weighted by Gasteiger charge is -2.42. The van der Waals surface area contributed by atoms with E-state index in [2.05, 4.69) is 20.2 Å². The van der Waals surface area contributed by atoms with E-state index in [-0.39, 0.29) is 24.0 Å². The largest absolute Gasteiger partial charge is 0.390 e. The highest BCUT2D eigenvalue weighted by Crippen LogP contribution is 2.45. The normalized spacial score (nSPS) is 21.2. The van der Waals surface area contributed by atoms with Gasteiger partial charge in [0.05, 0.1) is 30.0 Å². The Kier molecular flexibility index (Phi) is 7.94. The van der Waals surface area contributed by atoms with Crippen LogP contribution in [0.1, 0.15) is 36.2 Å². The summed E-state index contributed by atoms with van der Waals surface area (Å²) in [7, 11) is 0. The number of hydrogen-bond acceptors (Lipinski definition) is 7. The van der Waals surface area contributed by atoms with Crippen molar-refractivity contribution in [3.63, 3.8) is 0 Å². The van der Waals surface area contributed by atoms with Crippen molar-refractivity contribution >= 4 is 39.1 Å². The molecule has 1 saturated heterocycles. The van der Waals surface area contributed by atoms with Gasteiger partial charge in [0, 0.05) is 42.6 Å². The van der Waals surface area contributed by atoms with E-state index in [1.807, 2.05) is 6.26 Å². The number of benzene rings is 1. The van der Waals surface area contributed by atoms with Crippen molar-refractivity contribution in [3.8, 4) is 0 Å². The Hall–Kier alpha value is -1.93. The zero-order valence-corrected chi connectivity index (χ0v) is 22.7. The first-order valence-electron chi connectivity index (χ1n) is 12.5. The fourth-order valence-corrected chi connectivity index (χ4v) is 7.02. The van der Waals surface area contributed by atoms with E-state index >= 15 is 8.78 Å². The number of H-pyrrole nitrogens is 1. The first-order valence-corrected chi connectivity index (χ1v) is 14.5. The van der Waals surface area contributed by atoms with Gasteiger partial charge >= 0.3 is 0 Å². The maximum absolute atomic E-state index is 15.7. The van der Waals surface area contributed by atoms with Crippen LogP contribution in [0.15, 0.2) is 16.5 Å². The molecule has 2 aliphatic heterocycles. The van der Waals surface area contributed by atoms with Gasteiger partial charge in [-0.3, -0.25) is 14.2 Å². The Morgan fingerprint density at radius 3 is 2.61 bits per heavy atom. The summed E-state index contributed by atoms with van der Waals surface area (Å²) in [5.41, 5.74) is 1.77. The number of nitrogens with one attached hydrogen (secondary N) is 2. The Labute approximate surface area is 225 Å². The third-order valence-electron chi connectivity index (χ3n) is 7.24. The van der Waals surface area contributed by atoms with Crippen molar-refractivity contribution in [3.05, 3.63) is 40.6 Å². The highest BCUT2D eigenvalue weighted by atomic mass is 32.2. The van der Waals surface area contributed by atoms with Crippen LogP contribution in [0.3, 0.4) is 0 Å². The molecule has 0 amide bonds. The molecule has 2 atom stereocenters. The van der Waals surface area contributed by atoms with E-state index in [1.54, 1.807) is 6.92 Å². The van der Waals surface area contributed by atoms with Crippen LogP contribution in [-0.2, 0) is 6.42 Å². The first-order chi connectivity index (χ1) is 18.1. The molecule has 6 nitrogen and oxygen atoms in total. The van der Waals surface area contributed by atoms with Crippen molar-refractivity contribution in [1.29, 1.82) is 0 Å². The molecule has 0 aliphatic carbocycles. The molecule has 0 spiro atoms. The van der Waals surface area contributed by atoms with Crippen molar-refractivity contribution in [2.24, 2.45) is 0 Å². The predicted octanol–water partition coefficient (Wildman–Crippen LogP) is 5.04. The molecule has 3 N–H and O–H groups in total. The first kappa shape index (κ1) is 27.6. The molecule has 0 radical (unpaired) electrons. The van der Waals surface area contributed by atoms with Crippen LogP contribution in [0.4, 0.5) is 27.6 Å². The number of anilines is 1. The van der Waals surface area contributed by atoms with Gasteiger partial charge in [0.2, 0.25) is 0 Å². The van der Waals surface area contributed by atoms with Gasteiger partial charge in [0.1, 0.15) is 23.9 Å². The summed E-state index contributed by atoms with van der Waals surface area (Å²) in [5.74, 6) is -5.15. The van der Waals surface area contributed by atoms with Gasteiger partial charge in [0.15, 0.2) is 4.34 Å². The molecule has 13 heteroatoms. The van der Waals surface area contributed by atoms with Crippen molar-refractivity contribution in [1.82, 2.24) is 19.8 Å². The molecule has 4 heterocycles. The Bertz CT molecular complexity index is 1270. The molecular weight excluding hydrogens is 545 g/mol. The Balaban J connectivity index is 1.50. The quantitative estimate of drug-likeness (QED) is 0.233. The number of aromatic amines is 1. The van der Waals surface area contributed by atoms with Crippen LogP contribution in [0.2, 0.25) is 0 Å². The van der Waals surface area contributed by atoms with Gasteiger partial charge < -0.3 is 15.4 Å². The fourth-order valence-electron chi connectivity index (χ4n) is 5.44. The van der Waals surface area contributed by atoms with Gasteiger partial charge in [-0.2, -0.15) is 0 Å². The number of fused-ring (bicyclic) bond motifs is 3. The second kappa shape index (κ2) is 10.9. The van der Waals surface area contributed by atoms with E-state index in [4.69, 9.17) is 0 Å². The predicted molar refractivity (Wildman–Crippen MR) is 140 cm³/mol. The SMILES string of the molecule is CSc1nc2[nH]c3c(c2s1)C[C@@H](C)N(CC(F)(F)CO)[C@@H]3c1c(F)cc(NC2CN(CCCF)C2)cc1F. The van der Waals surface area contributed by atoms with E-state index in [9.17, 15) is 18.3 Å². The minimum Gasteiger partial charge on any atom is -0.390 e. The van der Waals surface area contributed by atoms with E-state index in [0.29, 0.717) is 43.8 Å². The molecule has 208 valence electrons. The third kappa shape index (κ3) is 5.27. The highest BCUT2D eigenvalue weighted by molar-refractivity contribution is 8.00. The number of rotatable bonds is 10. The average molecular weight is 576 g/mol. The number of likely N-dealkylation sites (tertiary alicyclic amines) is 1. The number of hydrogen-bond donors (Lipinski definition) is 3. The molecule has 1 fully saturated rings. The number of nitrogens with zero attached hydrogens (tertiary/aromatic N) is 3. The molecular formula is C25H30F5N5OS2. The van der Waals surface area contributed by atoms with Crippen LogP contribution in [0.25, 0.3) is 10.3 Å². The van der Waals surface area contributed by atoms with Gasteiger partial charge in [-0.1, -0.05) is 11.8 Å². The van der Waals surface area contributed by atoms with Gasteiger partial charge in [-0.05, 0) is 43.7 Å². The summed E-state index contributed by atoms with van der Waals surface area (Å²) in [6.07, 6.45) is 2.75. The number of aliphatic hydroxyl groups is 1. The lowest BCUT2D eigenvalue weighted by atomic mass is 9.88. The maximum Gasteiger partial charge on any atom is 0.283 e. The minimum atomic E-state index is -3.45. The van der Waals surface area contributed by atoms with Crippen LogP contribution < -0.4 is 5.32 Å². The van der Waals surface area contributed by atoms with E-state index in [0.717, 1.165) is 14.6 Å². The average Bonchev–Trinajstić information content (AvgIpc) is 3.40. The van der Waals surface area contributed by atoms with Gasteiger partial charge in [-0.15, -0.1) is 11.3 Å². The van der Waals surface area contributed by atoms with Crippen molar-refractivity contribution in [2.75, 3.05) is 51.0 Å². The molecule has 5 rings (SSSR count). The second-order valence-electron chi connectivity index (χ2n) is 10.0. The number of aromatic nitrogens is 2. The van der Waals surface area contributed by atoms with Crippen LogP contribution in [0.5, 0.6) is 0 Å². The maximum atomic E-state index is 15.7. The topological polar surface area (TPSA) is 67.4 Å². The molecule has 2 aromatic heterocycles. The van der Waals surface area contributed by atoms with Gasteiger partial charge in [0.25, 0.3) is 5.92 Å². The third-order valence-corrected chi connectivity index (χ3v) is 9.34. The molecule has 0 unspecified atom stereocenters. The summed E-state index contributed by atoms with van der Waals surface area (Å²) in [6.45, 7) is 1.05. The van der Waals surface area contributed by atoms with Crippen LogP contribution in [-0.4, -0.2) is 88.6 Å². The summed E-state index contributed by atoms with van der Waals surface area (Å²) in [4.78, 5) is 11.1. The fraction of sp³-hybridized carbons (Fsp3) is 0.560. The second-order valence-corrected chi connectivity index (χ2v) is 12.1. The summed E-state index contributed by atoms with van der Waals surface area (Å²) in [5, 5.41) is 12.4. The number of halogens is 5. The highest BCUT2D eigenvalue weighted by Gasteiger charge is 2.44. The van der Waals surface area contributed by atoms with E-state index < -0.39 is 42.8 Å². The van der Waals surface area contributed by atoms with Crippen LogP contribution >= 0.6 is 23.1 Å². The molecule has 2 aliphatic rings. The Morgan fingerprint density at radius 2 is 1.97 bits per heavy atom. The molecule has 0 bridgehead atoms. The number of thiazole rings is 1. The lowest BCUT2D eigenvalue weighted by molar-refractivity contribution is -0.0869.